The fourth-order valence-corrected chi connectivity index (χ4v) is 2.74. The molecule has 0 saturated heterocycles. The summed E-state index contributed by atoms with van der Waals surface area (Å²) in [6.07, 6.45) is 5.60. The van der Waals surface area contributed by atoms with Crippen LogP contribution in [0.4, 0.5) is 0 Å². The number of hydrogen-bond acceptors (Lipinski definition) is 2. The van der Waals surface area contributed by atoms with Crippen LogP contribution in [-0.4, -0.2) is 5.78 Å². The number of carbonyl (C=O) groups excluding carboxylic acids is 1. The molecule has 0 aliphatic rings. The standard InChI is InChI=1S/C15H14OS/c1-3-7-11(4-2)15(16)14-10-12-8-5-6-9-13(12)17-14/h3-10H,1-2H3/b7-3-,11-4+. The predicted octanol–water partition coefficient (Wildman–Crippen LogP) is 4.61. The minimum Gasteiger partial charge on any atom is -0.288 e. The molecule has 0 fully saturated rings. The van der Waals surface area contributed by atoms with Crippen molar-refractivity contribution in [2.75, 3.05) is 0 Å². The predicted molar refractivity (Wildman–Crippen MR) is 74.7 cm³/mol. The van der Waals surface area contributed by atoms with Gasteiger partial charge in [0.2, 0.25) is 5.78 Å². The molecule has 2 rings (SSSR count). The maximum Gasteiger partial charge on any atom is 0.202 e. The van der Waals surface area contributed by atoms with E-state index in [2.05, 4.69) is 0 Å². The average molecular weight is 242 g/mol. The lowest BCUT2D eigenvalue weighted by atomic mass is 10.1. The van der Waals surface area contributed by atoms with Crippen LogP contribution < -0.4 is 0 Å². The summed E-state index contributed by atoms with van der Waals surface area (Å²) in [7, 11) is 0. The first kappa shape index (κ1) is 11.8. The minimum atomic E-state index is 0.104. The van der Waals surface area contributed by atoms with E-state index >= 15 is 0 Å². The first-order chi connectivity index (χ1) is 8.26. The molecule has 1 aromatic carbocycles. The second-order valence-corrected chi connectivity index (χ2v) is 4.81. The molecule has 0 atom stereocenters. The van der Waals surface area contributed by atoms with Crippen molar-refractivity contribution < 1.29 is 4.79 Å². The Morgan fingerprint density at radius 3 is 2.65 bits per heavy atom. The highest BCUT2D eigenvalue weighted by molar-refractivity contribution is 7.21. The average Bonchev–Trinajstić information content (AvgIpc) is 2.78. The van der Waals surface area contributed by atoms with Gasteiger partial charge in [-0.15, -0.1) is 11.3 Å². The van der Waals surface area contributed by atoms with Crippen LogP contribution in [-0.2, 0) is 0 Å². The van der Waals surface area contributed by atoms with Gasteiger partial charge in [0.25, 0.3) is 0 Å². The van der Waals surface area contributed by atoms with Gasteiger partial charge in [-0.1, -0.05) is 36.4 Å². The Kier molecular flexibility index (Phi) is 3.55. The molecule has 0 amide bonds. The Morgan fingerprint density at radius 1 is 1.24 bits per heavy atom. The van der Waals surface area contributed by atoms with Gasteiger partial charge in [0.05, 0.1) is 4.88 Å². The Labute approximate surface area is 105 Å². The van der Waals surface area contributed by atoms with Gasteiger partial charge in [-0.3, -0.25) is 4.79 Å². The third-order valence-electron chi connectivity index (χ3n) is 2.57. The van der Waals surface area contributed by atoms with E-state index in [-0.39, 0.29) is 5.78 Å². The number of hydrogen-bond donors (Lipinski definition) is 0. The molecule has 1 nitrogen and oxygen atoms in total. The van der Waals surface area contributed by atoms with Gasteiger partial charge in [-0.25, -0.2) is 0 Å². The molecule has 2 aromatic rings. The van der Waals surface area contributed by atoms with Crippen molar-refractivity contribution in [3.8, 4) is 0 Å². The topological polar surface area (TPSA) is 17.1 Å². The zero-order valence-electron chi connectivity index (χ0n) is 9.94. The molecule has 17 heavy (non-hydrogen) atoms. The van der Waals surface area contributed by atoms with E-state index in [0.717, 1.165) is 20.5 Å². The number of fused-ring (bicyclic) bond motifs is 1. The van der Waals surface area contributed by atoms with E-state index in [9.17, 15) is 4.79 Å². The largest absolute Gasteiger partial charge is 0.288 e. The Bertz CT molecular complexity index is 569. The number of rotatable bonds is 3. The van der Waals surface area contributed by atoms with Crippen molar-refractivity contribution in [1.29, 1.82) is 0 Å². The molecular weight excluding hydrogens is 228 g/mol. The molecule has 0 N–H and O–H groups in total. The van der Waals surface area contributed by atoms with Crippen molar-refractivity contribution in [2.45, 2.75) is 13.8 Å². The SMILES string of the molecule is C/C=C\C(=C/C)C(=O)c1cc2ccccc2s1. The number of ketones is 1. The smallest absolute Gasteiger partial charge is 0.202 e. The van der Waals surface area contributed by atoms with Crippen LogP contribution in [0.1, 0.15) is 23.5 Å². The maximum atomic E-state index is 12.2. The second kappa shape index (κ2) is 5.11. The lowest BCUT2D eigenvalue weighted by molar-refractivity contribution is 0.104. The third-order valence-corrected chi connectivity index (χ3v) is 3.68. The van der Waals surface area contributed by atoms with Gasteiger partial charge < -0.3 is 0 Å². The summed E-state index contributed by atoms with van der Waals surface area (Å²) in [5.74, 6) is 0.104. The first-order valence-electron chi connectivity index (χ1n) is 5.58. The van der Waals surface area contributed by atoms with Crippen LogP contribution in [0.3, 0.4) is 0 Å². The molecule has 2 heteroatoms. The van der Waals surface area contributed by atoms with E-state index in [1.54, 1.807) is 11.3 Å². The quantitative estimate of drug-likeness (QED) is 0.436. The molecule has 0 aliphatic carbocycles. The van der Waals surface area contributed by atoms with Crippen molar-refractivity contribution in [2.24, 2.45) is 0 Å². The maximum absolute atomic E-state index is 12.2. The molecule has 0 saturated carbocycles. The van der Waals surface area contributed by atoms with Crippen LogP contribution in [0.15, 0.2) is 54.1 Å². The zero-order valence-corrected chi connectivity index (χ0v) is 10.8. The molecule has 0 unspecified atom stereocenters. The van der Waals surface area contributed by atoms with Crippen LogP contribution in [0.25, 0.3) is 10.1 Å². The van der Waals surface area contributed by atoms with Gasteiger partial charge in [0.1, 0.15) is 0 Å². The van der Waals surface area contributed by atoms with Gasteiger partial charge in [0, 0.05) is 10.3 Å². The molecule has 0 radical (unpaired) electrons. The molecular formula is C15H14OS. The number of benzene rings is 1. The molecule has 0 bridgehead atoms. The van der Waals surface area contributed by atoms with Crippen LogP contribution in [0, 0.1) is 0 Å². The fraction of sp³-hybridized carbons (Fsp3) is 0.133. The Morgan fingerprint density at radius 2 is 2.00 bits per heavy atom. The number of Topliss-reactive ketones (excluding diaryl/α,β-unsaturated/α-hetero) is 1. The highest BCUT2D eigenvalue weighted by Gasteiger charge is 2.12. The van der Waals surface area contributed by atoms with E-state index < -0.39 is 0 Å². The molecule has 0 spiro atoms. The first-order valence-corrected chi connectivity index (χ1v) is 6.40. The van der Waals surface area contributed by atoms with E-state index in [0.29, 0.717) is 0 Å². The summed E-state index contributed by atoms with van der Waals surface area (Å²) < 4.78 is 1.16. The van der Waals surface area contributed by atoms with E-state index in [4.69, 9.17) is 0 Å². The van der Waals surface area contributed by atoms with Crippen molar-refractivity contribution in [3.63, 3.8) is 0 Å². The molecule has 86 valence electrons. The summed E-state index contributed by atoms with van der Waals surface area (Å²) in [5, 5.41) is 1.14. The van der Waals surface area contributed by atoms with Gasteiger partial charge in [0.15, 0.2) is 0 Å². The third kappa shape index (κ3) is 2.37. The van der Waals surface area contributed by atoms with Crippen molar-refractivity contribution in [1.82, 2.24) is 0 Å². The molecule has 1 aromatic heterocycles. The normalized spacial score (nSPS) is 12.5. The van der Waals surface area contributed by atoms with Gasteiger partial charge in [-0.2, -0.15) is 0 Å². The monoisotopic (exact) mass is 242 g/mol. The van der Waals surface area contributed by atoms with Gasteiger partial charge >= 0.3 is 0 Å². The van der Waals surface area contributed by atoms with Crippen LogP contribution in [0.5, 0.6) is 0 Å². The second-order valence-electron chi connectivity index (χ2n) is 3.72. The zero-order chi connectivity index (χ0) is 12.3. The van der Waals surface area contributed by atoms with E-state index in [1.807, 2.05) is 62.4 Å². The summed E-state index contributed by atoms with van der Waals surface area (Å²) in [5.41, 5.74) is 0.749. The Hall–Kier alpha value is -1.67. The lowest BCUT2D eigenvalue weighted by Crippen LogP contribution is -1.97. The number of allylic oxidation sites excluding steroid dienone is 4. The summed E-state index contributed by atoms with van der Waals surface area (Å²) >= 11 is 1.55. The number of carbonyl (C=O) groups is 1. The van der Waals surface area contributed by atoms with Crippen LogP contribution in [0.2, 0.25) is 0 Å². The van der Waals surface area contributed by atoms with Crippen molar-refractivity contribution in [3.05, 3.63) is 59.0 Å². The molecule has 1 heterocycles. The fourth-order valence-electron chi connectivity index (χ4n) is 1.72. The highest BCUT2D eigenvalue weighted by atomic mass is 32.1. The number of thiophene rings is 1. The van der Waals surface area contributed by atoms with E-state index in [1.165, 1.54) is 0 Å². The minimum absolute atomic E-state index is 0.104. The summed E-state index contributed by atoms with van der Waals surface area (Å²) in [6, 6.07) is 10.0. The summed E-state index contributed by atoms with van der Waals surface area (Å²) in [6.45, 7) is 3.81. The Balaban J connectivity index is 2.43. The van der Waals surface area contributed by atoms with Crippen LogP contribution >= 0.6 is 11.3 Å². The van der Waals surface area contributed by atoms with Crippen molar-refractivity contribution >= 4 is 27.2 Å². The van der Waals surface area contributed by atoms with Gasteiger partial charge in [-0.05, 0) is 31.4 Å². The molecule has 0 aliphatic heterocycles. The highest BCUT2D eigenvalue weighted by Crippen LogP contribution is 2.27. The summed E-state index contributed by atoms with van der Waals surface area (Å²) in [4.78, 5) is 13.0. The lowest BCUT2D eigenvalue weighted by Gasteiger charge is -1.96.